The van der Waals surface area contributed by atoms with Gasteiger partial charge in [0.05, 0.1) is 10.5 Å². The van der Waals surface area contributed by atoms with Crippen LogP contribution >= 0.6 is 27.5 Å². The van der Waals surface area contributed by atoms with Crippen molar-refractivity contribution >= 4 is 38.4 Å². The molecule has 0 saturated carbocycles. The summed E-state index contributed by atoms with van der Waals surface area (Å²) in [5.74, 6) is 0. The molecule has 1 nitrogen and oxygen atoms in total. The standard InChI is InChI=1S/C11H9BrClN/c1-6-3-4-8-10(13)7(2)5-14-11(8)9(6)12/h3-5H,1-2H3. The van der Waals surface area contributed by atoms with Gasteiger partial charge in [0.15, 0.2) is 0 Å². The van der Waals surface area contributed by atoms with Crippen molar-refractivity contribution in [2.75, 3.05) is 0 Å². The molecular formula is C11H9BrClN. The van der Waals surface area contributed by atoms with Gasteiger partial charge in [-0.05, 0) is 40.9 Å². The fraction of sp³-hybridized carbons (Fsp3) is 0.182. The van der Waals surface area contributed by atoms with E-state index in [0.717, 1.165) is 26.0 Å². The van der Waals surface area contributed by atoms with Crippen molar-refractivity contribution in [2.24, 2.45) is 0 Å². The number of pyridine rings is 1. The van der Waals surface area contributed by atoms with Crippen molar-refractivity contribution < 1.29 is 0 Å². The molecule has 3 heteroatoms. The number of hydrogen-bond acceptors (Lipinski definition) is 1. The van der Waals surface area contributed by atoms with E-state index in [1.165, 1.54) is 5.56 Å². The first-order valence-electron chi connectivity index (χ1n) is 4.31. The number of fused-ring (bicyclic) bond motifs is 1. The third-order valence-electron chi connectivity index (χ3n) is 2.28. The summed E-state index contributed by atoms with van der Waals surface area (Å²) in [4.78, 5) is 4.37. The van der Waals surface area contributed by atoms with Gasteiger partial charge < -0.3 is 0 Å². The highest BCUT2D eigenvalue weighted by atomic mass is 79.9. The second-order valence-electron chi connectivity index (χ2n) is 3.35. The molecule has 0 aliphatic carbocycles. The molecule has 14 heavy (non-hydrogen) atoms. The van der Waals surface area contributed by atoms with E-state index in [0.29, 0.717) is 0 Å². The van der Waals surface area contributed by atoms with Crippen molar-refractivity contribution in [3.63, 3.8) is 0 Å². The summed E-state index contributed by atoms with van der Waals surface area (Å²) in [6.45, 7) is 4.00. The van der Waals surface area contributed by atoms with Gasteiger partial charge in [0.1, 0.15) is 0 Å². The Morgan fingerprint density at radius 2 is 1.93 bits per heavy atom. The van der Waals surface area contributed by atoms with Gasteiger partial charge in [-0.25, -0.2) is 0 Å². The Labute approximate surface area is 96.2 Å². The fourth-order valence-electron chi connectivity index (χ4n) is 1.40. The third kappa shape index (κ3) is 1.43. The third-order valence-corrected chi connectivity index (χ3v) is 3.78. The number of aryl methyl sites for hydroxylation is 2. The highest BCUT2D eigenvalue weighted by molar-refractivity contribution is 9.10. The predicted molar refractivity (Wildman–Crippen MR) is 63.9 cm³/mol. The van der Waals surface area contributed by atoms with Crippen LogP contribution in [0.5, 0.6) is 0 Å². The lowest BCUT2D eigenvalue weighted by atomic mass is 10.1. The second kappa shape index (κ2) is 3.52. The zero-order chi connectivity index (χ0) is 10.3. The molecule has 0 bridgehead atoms. The number of nitrogens with zero attached hydrogens (tertiary/aromatic N) is 1. The minimum Gasteiger partial charge on any atom is -0.255 e. The number of rotatable bonds is 0. The quantitative estimate of drug-likeness (QED) is 0.697. The maximum atomic E-state index is 6.19. The van der Waals surface area contributed by atoms with Crippen LogP contribution in [0.25, 0.3) is 10.9 Å². The van der Waals surface area contributed by atoms with E-state index in [1.54, 1.807) is 6.20 Å². The highest BCUT2D eigenvalue weighted by Gasteiger charge is 2.07. The normalized spacial score (nSPS) is 10.9. The molecule has 0 atom stereocenters. The van der Waals surface area contributed by atoms with E-state index in [2.05, 4.69) is 20.9 Å². The second-order valence-corrected chi connectivity index (χ2v) is 4.52. The van der Waals surface area contributed by atoms with Crippen LogP contribution in [0.3, 0.4) is 0 Å². The van der Waals surface area contributed by atoms with Gasteiger partial charge in [0.2, 0.25) is 0 Å². The SMILES string of the molecule is Cc1cnc2c(Br)c(C)ccc2c1Cl. The van der Waals surface area contributed by atoms with Gasteiger partial charge in [-0.2, -0.15) is 0 Å². The maximum Gasteiger partial charge on any atom is 0.0861 e. The van der Waals surface area contributed by atoms with Crippen molar-refractivity contribution in [2.45, 2.75) is 13.8 Å². The van der Waals surface area contributed by atoms with E-state index in [9.17, 15) is 0 Å². The Balaban J connectivity index is 2.94. The van der Waals surface area contributed by atoms with E-state index < -0.39 is 0 Å². The van der Waals surface area contributed by atoms with Gasteiger partial charge in [0, 0.05) is 16.1 Å². The molecule has 1 heterocycles. The molecule has 0 aliphatic heterocycles. The van der Waals surface area contributed by atoms with Crippen molar-refractivity contribution in [3.8, 4) is 0 Å². The van der Waals surface area contributed by atoms with Crippen LogP contribution < -0.4 is 0 Å². The maximum absolute atomic E-state index is 6.19. The number of hydrogen-bond donors (Lipinski definition) is 0. The van der Waals surface area contributed by atoms with Crippen LogP contribution in [0.15, 0.2) is 22.8 Å². The van der Waals surface area contributed by atoms with Crippen LogP contribution in [0, 0.1) is 13.8 Å². The largest absolute Gasteiger partial charge is 0.255 e. The minimum atomic E-state index is 0.788. The van der Waals surface area contributed by atoms with E-state index in [4.69, 9.17) is 11.6 Å². The summed E-state index contributed by atoms with van der Waals surface area (Å²) in [6, 6.07) is 4.05. The average Bonchev–Trinajstić information content (AvgIpc) is 2.17. The lowest BCUT2D eigenvalue weighted by Crippen LogP contribution is -1.87. The van der Waals surface area contributed by atoms with Gasteiger partial charge in [-0.15, -0.1) is 0 Å². The zero-order valence-corrected chi connectivity index (χ0v) is 10.3. The molecule has 1 aromatic heterocycles. The van der Waals surface area contributed by atoms with E-state index in [-0.39, 0.29) is 0 Å². The molecule has 2 aromatic rings. The lowest BCUT2D eigenvalue weighted by molar-refractivity contribution is 1.31. The van der Waals surface area contributed by atoms with Crippen LogP contribution in [-0.4, -0.2) is 4.98 Å². The first-order valence-corrected chi connectivity index (χ1v) is 5.48. The Kier molecular flexibility index (Phi) is 2.50. The molecule has 0 N–H and O–H groups in total. The van der Waals surface area contributed by atoms with Crippen LogP contribution in [-0.2, 0) is 0 Å². The molecule has 0 fully saturated rings. The fourth-order valence-corrected chi connectivity index (χ4v) is 2.05. The monoisotopic (exact) mass is 269 g/mol. The van der Waals surface area contributed by atoms with Crippen molar-refractivity contribution in [3.05, 3.63) is 39.0 Å². The minimum absolute atomic E-state index is 0.788. The van der Waals surface area contributed by atoms with Gasteiger partial charge in [-0.3, -0.25) is 4.98 Å². The van der Waals surface area contributed by atoms with Crippen LogP contribution in [0.1, 0.15) is 11.1 Å². The molecule has 0 spiro atoms. The number of benzene rings is 1. The Bertz CT molecular complexity index is 461. The Hall–Kier alpha value is -0.600. The van der Waals surface area contributed by atoms with Gasteiger partial charge >= 0.3 is 0 Å². The summed E-state index contributed by atoms with van der Waals surface area (Å²) >= 11 is 9.71. The molecular weight excluding hydrogens is 261 g/mol. The smallest absolute Gasteiger partial charge is 0.0861 e. The summed E-state index contributed by atoms with van der Waals surface area (Å²) in [5, 5.41) is 1.79. The van der Waals surface area contributed by atoms with Gasteiger partial charge in [0.25, 0.3) is 0 Å². The highest BCUT2D eigenvalue weighted by Crippen LogP contribution is 2.31. The molecule has 2 rings (SSSR count). The number of halogens is 2. The first kappa shape index (κ1) is 9.94. The summed E-state index contributed by atoms with van der Waals surface area (Å²) in [7, 11) is 0. The summed E-state index contributed by atoms with van der Waals surface area (Å²) < 4.78 is 1.02. The lowest BCUT2D eigenvalue weighted by Gasteiger charge is -2.06. The van der Waals surface area contributed by atoms with Crippen LogP contribution in [0.2, 0.25) is 5.02 Å². The predicted octanol–water partition coefficient (Wildman–Crippen LogP) is 4.27. The molecule has 0 saturated heterocycles. The van der Waals surface area contributed by atoms with Gasteiger partial charge in [-0.1, -0.05) is 23.7 Å². The zero-order valence-electron chi connectivity index (χ0n) is 7.94. The van der Waals surface area contributed by atoms with E-state index >= 15 is 0 Å². The summed E-state index contributed by atoms with van der Waals surface area (Å²) in [6.07, 6.45) is 1.80. The first-order chi connectivity index (χ1) is 6.61. The molecule has 1 aromatic carbocycles. The molecule has 72 valence electrons. The topological polar surface area (TPSA) is 12.9 Å². The summed E-state index contributed by atoms with van der Waals surface area (Å²) in [5.41, 5.74) is 3.11. The molecule has 0 amide bonds. The van der Waals surface area contributed by atoms with E-state index in [1.807, 2.05) is 26.0 Å². The molecule has 0 aliphatic rings. The Morgan fingerprint density at radius 3 is 2.64 bits per heavy atom. The van der Waals surface area contributed by atoms with Crippen molar-refractivity contribution in [1.29, 1.82) is 0 Å². The molecule has 0 unspecified atom stereocenters. The number of aromatic nitrogens is 1. The average molecular weight is 271 g/mol. The molecule has 0 radical (unpaired) electrons. The van der Waals surface area contributed by atoms with Crippen LogP contribution in [0.4, 0.5) is 0 Å². The van der Waals surface area contributed by atoms with Crippen molar-refractivity contribution in [1.82, 2.24) is 4.98 Å². The Morgan fingerprint density at radius 1 is 1.21 bits per heavy atom.